The number of benzene rings is 3. The van der Waals surface area contributed by atoms with Crippen molar-refractivity contribution in [2.24, 2.45) is 4.99 Å². The average molecular weight is 401 g/mol. The molecule has 148 valence electrons. The molecule has 3 heteroatoms. The highest BCUT2D eigenvalue weighted by Crippen LogP contribution is 2.34. The Morgan fingerprint density at radius 2 is 1.45 bits per heavy atom. The van der Waals surface area contributed by atoms with Crippen molar-refractivity contribution in [2.45, 2.75) is 38.6 Å². The van der Waals surface area contributed by atoms with Crippen molar-refractivity contribution in [1.82, 2.24) is 0 Å². The summed E-state index contributed by atoms with van der Waals surface area (Å²) < 4.78 is 6.11. The van der Waals surface area contributed by atoms with E-state index >= 15 is 0 Å². The van der Waals surface area contributed by atoms with Crippen LogP contribution in [0, 0.1) is 0 Å². The van der Waals surface area contributed by atoms with Crippen molar-refractivity contribution in [1.29, 1.82) is 0 Å². The number of unbranched alkanes of at least 4 members (excludes halogenated alkanes) is 2. The van der Waals surface area contributed by atoms with Gasteiger partial charge in [0, 0.05) is 5.56 Å². The third-order valence-corrected chi connectivity index (χ3v) is 7.76. The lowest BCUT2D eigenvalue weighted by Gasteiger charge is -2.22. The maximum atomic E-state index is 6.11. The first-order valence-electron chi connectivity index (χ1n) is 10.6. The maximum Gasteiger partial charge on any atom is 0.217 e. The second kappa shape index (κ2) is 9.85. The molecular formula is C26H28NOP. The van der Waals surface area contributed by atoms with Gasteiger partial charge in [0.05, 0.1) is 6.04 Å². The van der Waals surface area contributed by atoms with Gasteiger partial charge in [0.1, 0.15) is 6.61 Å². The van der Waals surface area contributed by atoms with E-state index in [1.54, 1.807) is 0 Å². The van der Waals surface area contributed by atoms with E-state index in [0.29, 0.717) is 12.6 Å². The summed E-state index contributed by atoms with van der Waals surface area (Å²) in [7, 11) is -0.672. The molecule has 0 fully saturated rings. The molecule has 0 N–H and O–H groups in total. The summed E-state index contributed by atoms with van der Waals surface area (Å²) in [6.45, 7) is 2.95. The van der Waals surface area contributed by atoms with E-state index in [2.05, 4.69) is 91.9 Å². The minimum absolute atomic E-state index is 0.296. The van der Waals surface area contributed by atoms with E-state index in [0.717, 1.165) is 17.9 Å². The number of nitrogens with zero attached hydrogens (tertiary/aromatic N) is 1. The van der Waals surface area contributed by atoms with Gasteiger partial charge in [-0.15, -0.1) is 0 Å². The van der Waals surface area contributed by atoms with E-state index in [9.17, 15) is 0 Å². The van der Waals surface area contributed by atoms with Crippen LogP contribution in [0.1, 0.15) is 38.2 Å². The van der Waals surface area contributed by atoms with Crippen molar-refractivity contribution >= 4 is 29.7 Å². The lowest BCUT2D eigenvalue weighted by Crippen LogP contribution is -2.25. The summed E-state index contributed by atoms with van der Waals surface area (Å²) in [5.41, 5.74) is 1.14. The van der Waals surface area contributed by atoms with E-state index in [-0.39, 0.29) is 0 Å². The Morgan fingerprint density at radius 1 is 0.828 bits per heavy atom. The molecule has 0 spiro atoms. The number of aliphatic imine (C=N–C) groups is 1. The Kier molecular flexibility index (Phi) is 6.75. The van der Waals surface area contributed by atoms with E-state index in [1.807, 2.05) is 0 Å². The SMILES string of the molecule is CCCCC[C@H]1COC(c2ccccc2P(c2ccccc2)c2ccccc2)=N1. The fourth-order valence-electron chi connectivity index (χ4n) is 3.77. The highest BCUT2D eigenvalue weighted by molar-refractivity contribution is 7.80. The fraction of sp³-hybridized carbons (Fsp3) is 0.269. The summed E-state index contributed by atoms with van der Waals surface area (Å²) in [6.07, 6.45) is 4.85. The molecule has 0 aliphatic carbocycles. The van der Waals surface area contributed by atoms with Crippen LogP contribution in [0.25, 0.3) is 0 Å². The zero-order valence-electron chi connectivity index (χ0n) is 17.0. The van der Waals surface area contributed by atoms with Gasteiger partial charge in [0.2, 0.25) is 5.90 Å². The minimum Gasteiger partial charge on any atom is -0.475 e. The third-order valence-electron chi connectivity index (χ3n) is 5.26. The quantitative estimate of drug-likeness (QED) is 0.377. The highest BCUT2D eigenvalue weighted by Gasteiger charge is 2.25. The van der Waals surface area contributed by atoms with Crippen LogP contribution in [0.15, 0.2) is 89.9 Å². The van der Waals surface area contributed by atoms with E-state index in [1.165, 1.54) is 35.2 Å². The van der Waals surface area contributed by atoms with Crippen LogP contribution < -0.4 is 15.9 Å². The molecule has 1 atom stereocenters. The number of hydrogen-bond acceptors (Lipinski definition) is 2. The molecule has 0 aromatic heterocycles. The second-order valence-electron chi connectivity index (χ2n) is 7.42. The molecule has 1 heterocycles. The van der Waals surface area contributed by atoms with Gasteiger partial charge in [-0.1, -0.05) is 105 Å². The molecule has 3 aromatic carbocycles. The van der Waals surface area contributed by atoms with E-state index in [4.69, 9.17) is 9.73 Å². The average Bonchev–Trinajstić information content (AvgIpc) is 3.25. The van der Waals surface area contributed by atoms with Crippen molar-refractivity contribution in [3.05, 3.63) is 90.5 Å². The molecule has 1 aliphatic rings. The second-order valence-corrected chi connectivity index (χ2v) is 9.60. The van der Waals surface area contributed by atoms with Crippen molar-refractivity contribution in [2.75, 3.05) is 6.61 Å². The molecular weight excluding hydrogens is 373 g/mol. The van der Waals surface area contributed by atoms with Crippen LogP contribution in [0.2, 0.25) is 0 Å². The van der Waals surface area contributed by atoms with Crippen LogP contribution in [0.3, 0.4) is 0 Å². The monoisotopic (exact) mass is 401 g/mol. The van der Waals surface area contributed by atoms with Crippen LogP contribution in [0.5, 0.6) is 0 Å². The largest absolute Gasteiger partial charge is 0.475 e. The lowest BCUT2D eigenvalue weighted by molar-refractivity contribution is 0.309. The molecule has 0 amide bonds. The number of rotatable bonds is 8. The first-order chi connectivity index (χ1) is 14.4. The summed E-state index contributed by atoms with van der Waals surface area (Å²) >= 11 is 0. The molecule has 0 saturated heterocycles. The molecule has 29 heavy (non-hydrogen) atoms. The summed E-state index contributed by atoms with van der Waals surface area (Å²) in [5, 5.41) is 4.01. The van der Waals surface area contributed by atoms with Gasteiger partial charge in [-0.2, -0.15) is 0 Å². The Morgan fingerprint density at radius 3 is 2.10 bits per heavy atom. The predicted molar refractivity (Wildman–Crippen MR) is 126 cm³/mol. The van der Waals surface area contributed by atoms with Gasteiger partial charge in [0.15, 0.2) is 0 Å². The molecule has 1 aliphatic heterocycles. The molecule has 0 radical (unpaired) electrons. The minimum atomic E-state index is -0.672. The Hall–Kier alpha value is -2.44. The van der Waals surface area contributed by atoms with Gasteiger partial charge in [0.25, 0.3) is 0 Å². The first kappa shape index (κ1) is 19.9. The molecule has 0 unspecified atom stereocenters. The van der Waals surface area contributed by atoms with Crippen LogP contribution in [-0.2, 0) is 4.74 Å². The molecule has 2 nitrogen and oxygen atoms in total. The number of ether oxygens (including phenoxy) is 1. The number of hydrogen-bond donors (Lipinski definition) is 0. The lowest BCUT2D eigenvalue weighted by atomic mass is 10.1. The molecule has 0 saturated carbocycles. The Labute approximate surface area is 175 Å². The van der Waals surface area contributed by atoms with Crippen molar-refractivity contribution < 1.29 is 4.74 Å². The van der Waals surface area contributed by atoms with Gasteiger partial charge in [-0.25, -0.2) is 4.99 Å². The van der Waals surface area contributed by atoms with Gasteiger partial charge in [-0.05, 0) is 36.3 Å². The van der Waals surface area contributed by atoms with Gasteiger partial charge < -0.3 is 4.74 Å². The molecule has 0 bridgehead atoms. The topological polar surface area (TPSA) is 21.6 Å². The zero-order chi connectivity index (χ0) is 19.9. The zero-order valence-corrected chi connectivity index (χ0v) is 17.9. The maximum absolute atomic E-state index is 6.11. The van der Waals surface area contributed by atoms with Crippen LogP contribution in [0.4, 0.5) is 0 Å². The smallest absolute Gasteiger partial charge is 0.217 e. The van der Waals surface area contributed by atoms with Crippen molar-refractivity contribution in [3.63, 3.8) is 0 Å². The fourth-order valence-corrected chi connectivity index (χ4v) is 6.21. The Bertz CT molecular complexity index is 900. The summed E-state index contributed by atoms with van der Waals surface area (Å²) in [4.78, 5) is 4.97. The standard InChI is InChI=1S/C26H28NOP/c1-2-3-6-13-21-20-28-26(27-21)24-18-11-12-19-25(24)29(22-14-7-4-8-15-22)23-16-9-5-10-17-23/h4-5,7-12,14-19,21H,2-3,6,13,20H2,1H3/t21-/m0/s1. The first-order valence-corrected chi connectivity index (χ1v) is 11.9. The van der Waals surface area contributed by atoms with Crippen LogP contribution in [-0.4, -0.2) is 18.5 Å². The van der Waals surface area contributed by atoms with E-state index < -0.39 is 7.92 Å². The van der Waals surface area contributed by atoms with Gasteiger partial charge in [-0.3, -0.25) is 0 Å². The predicted octanol–water partition coefficient (Wildman–Crippen LogP) is 5.17. The highest BCUT2D eigenvalue weighted by atomic mass is 31.1. The molecule has 4 rings (SSSR count). The third kappa shape index (κ3) is 4.77. The normalized spacial score (nSPS) is 15.9. The van der Waals surface area contributed by atoms with Crippen LogP contribution >= 0.6 is 7.92 Å². The van der Waals surface area contributed by atoms with Crippen molar-refractivity contribution in [3.8, 4) is 0 Å². The summed E-state index contributed by atoms with van der Waals surface area (Å²) in [5.74, 6) is 0.821. The molecule has 3 aromatic rings. The van der Waals surface area contributed by atoms with Gasteiger partial charge >= 0.3 is 0 Å². The summed E-state index contributed by atoms with van der Waals surface area (Å²) in [6, 6.07) is 30.6. The Balaban J connectivity index is 1.72.